The first-order valence-electron chi connectivity index (χ1n) is 6.02. The van der Waals surface area contributed by atoms with Crippen molar-refractivity contribution in [3.05, 3.63) is 33.3 Å². The summed E-state index contributed by atoms with van der Waals surface area (Å²) in [6.07, 6.45) is -1.60. The summed E-state index contributed by atoms with van der Waals surface area (Å²) in [5.41, 5.74) is -0.102. The van der Waals surface area contributed by atoms with E-state index in [1.54, 1.807) is 0 Å². The van der Waals surface area contributed by atoms with Gasteiger partial charge in [-0.3, -0.25) is 10.1 Å². The zero-order valence-corrected chi connectivity index (χ0v) is 14.3. The van der Waals surface area contributed by atoms with E-state index < -0.39 is 11.1 Å². The molecule has 0 radical (unpaired) electrons. The van der Waals surface area contributed by atoms with Gasteiger partial charge in [0.1, 0.15) is 0 Å². The lowest BCUT2D eigenvalue weighted by molar-refractivity contribution is -0.384. The molecular formula is C12H13ClFN3O3S2. The third-order valence-electron chi connectivity index (χ3n) is 2.34. The van der Waals surface area contributed by atoms with Crippen molar-refractivity contribution in [1.82, 2.24) is 4.31 Å². The molecular weight excluding hydrogens is 353 g/mol. The average Bonchev–Trinajstić information content (AvgIpc) is 2.43. The number of nitro groups is 1. The number of benzene rings is 1. The number of carbonyl (C=O) groups excluding carboxylic acids is 1. The summed E-state index contributed by atoms with van der Waals surface area (Å²) in [6.45, 7) is 3.76. The number of nitrogens with zero attached hydrogens (tertiary/aromatic N) is 3. The van der Waals surface area contributed by atoms with Crippen LogP contribution in [-0.4, -0.2) is 27.5 Å². The van der Waals surface area contributed by atoms with Crippen molar-refractivity contribution in [2.24, 2.45) is 10.3 Å². The number of non-ortho nitro benzene ring substituents is 1. The van der Waals surface area contributed by atoms with Gasteiger partial charge in [-0.2, -0.15) is 4.40 Å². The molecule has 1 aromatic rings. The third-order valence-corrected chi connectivity index (χ3v) is 4.89. The normalized spacial score (nSPS) is 11.6. The molecule has 120 valence electrons. The van der Waals surface area contributed by atoms with Crippen molar-refractivity contribution in [2.75, 3.05) is 7.05 Å². The lowest BCUT2D eigenvalue weighted by atomic mass is 10.2. The molecule has 0 saturated heterocycles. The fourth-order valence-electron chi connectivity index (χ4n) is 1.17. The minimum absolute atomic E-state index is 0.00636. The minimum Gasteiger partial charge on any atom is -0.258 e. The monoisotopic (exact) mass is 365 g/mol. The van der Waals surface area contributed by atoms with E-state index in [1.807, 2.05) is 13.8 Å². The maximum atomic E-state index is 12.5. The Hall–Kier alpha value is -1.32. The van der Waals surface area contributed by atoms with E-state index in [-0.39, 0.29) is 16.6 Å². The van der Waals surface area contributed by atoms with Crippen LogP contribution in [0, 0.1) is 16.0 Å². The molecule has 10 heteroatoms. The summed E-state index contributed by atoms with van der Waals surface area (Å²) < 4.78 is 17.3. The van der Waals surface area contributed by atoms with Crippen LogP contribution in [0.4, 0.5) is 14.9 Å². The molecule has 1 amide bonds. The van der Waals surface area contributed by atoms with Crippen molar-refractivity contribution < 1.29 is 14.1 Å². The van der Waals surface area contributed by atoms with Crippen molar-refractivity contribution in [3.8, 4) is 0 Å². The van der Waals surface area contributed by atoms with E-state index in [0.717, 1.165) is 4.31 Å². The summed E-state index contributed by atoms with van der Waals surface area (Å²) in [7, 11) is 1.26. The van der Waals surface area contributed by atoms with Crippen LogP contribution in [0.1, 0.15) is 13.8 Å². The molecule has 0 bridgehead atoms. The standard InChI is InChI=1S/C12H13ClFN3O3S2/c1-7(2)11(15-22-16(3)12(14)18)21-10-5-4-8(17(19)20)6-9(10)13/h4-7H,1-3H3. The van der Waals surface area contributed by atoms with E-state index >= 15 is 0 Å². The summed E-state index contributed by atoms with van der Waals surface area (Å²) in [6, 6.07) is 4.13. The fourth-order valence-corrected chi connectivity index (χ4v) is 2.95. The summed E-state index contributed by atoms with van der Waals surface area (Å²) >= 11 is 7.91. The Morgan fingerprint density at radius 1 is 1.50 bits per heavy atom. The number of hydrogen-bond donors (Lipinski definition) is 0. The van der Waals surface area contributed by atoms with Gasteiger partial charge in [-0.05, 0) is 6.07 Å². The van der Waals surface area contributed by atoms with Gasteiger partial charge in [0, 0.05) is 30.0 Å². The number of halogens is 2. The summed E-state index contributed by atoms with van der Waals surface area (Å²) in [4.78, 5) is 21.3. The second-order valence-corrected chi connectivity index (χ2v) is 6.75. The van der Waals surface area contributed by atoms with Gasteiger partial charge in [-0.25, -0.2) is 9.10 Å². The van der Waals surface area contributed by atoms with Gasteiger partial charge in [-0.1, -0.05) is 37.2 Å². The van der Waals surface area contributed by atoms with Crippen LogP contribution in [0.25, 0.3) is 0 Å². The third kappa shape index (κ3) is 5.47. The maximum absolute atomic E-state index is 12.5. The fraction of sp³-hybridized carbons (Fsp3) is 0.333. The van der Waals surface area contributed by atoms with Gasteiger partial charge in [0.2, 0.25) is 0 Å². The van der Waals surface area contributed by atoms with E-state index in [0.29, 0.717) is 22.1 Å². The molecule has 0 unspecified atom stereocenters. The molecule has 0 heterocycles. The van der Waals surface area contributed by atoms with Gasteiger partial charge >= 0.3 is 6.16 Å². The summed E-state index contributed by atoms with van der Waals surface area (Å²) in [5.74, 6) is 0.00636. The van der Waals surface area contributed by atoms with Gasteiger partial charge in [0.15, 0.2) is 0 Å². The van der Waals surface area contributed by atoms with Crippen LogP contribution in [-0.2, 0) is 0 Å². The smallest absolute Gasteiger partial charge is 0.258 e. The highest BCUT2D eigenvalue weighted by Gasteiger charge is 2.15. The molecule has 22 heavy (non-hydrogen) atoms. The molecule has 0 atom stereocenters. The van der Waals surface area contributed by atoms with Crippen LogP contribution < -0.4 is 0 Å². The maximum Gasteiger partial charge on any atom is 0.411 e. The molecule has 0 saturated carbocycles. The number of nitro benzene ring substituents is 1. The van der Waals surface area contributed by atoms with E-state index in [1.165, 1.54) is 37.0 Å². The molecule has 1 rings (SSSR count). The SMILES string of the molecule is CC(C)C(=NSN(C)C(=O)F)Sc1ccc([N+](=O)[O-])cc1Cl. The molecule has 0 aliphatic heterocycles. The summed E-state index contributed by atoms with van der Waals surface area (Å²) in [5, 5.41) is 11.5. The van der Waals surface area contributed by atoms with Gasteiger partial charge in [0.25, 0.3) is 5.69 Å². The molecule has 0 spiro atoms. The van der Waals surface area contributed by atoms with Crippen LogP contribution in [0.15, 0.2) is 27.5 Å². The Bertz CT molecular complexity index is 613. The predicted molar refractivity (Wildman–Crippen MR) is 88.1 cm³/mol. The Kier molecular flexibility index (Phi) is 7.11. The number of carbonyl (C=O) groups is 1. The topological polar surface area (TPSA) is 75.8 Å². The van der Waals surface area contributed by atoms with Crippen LogP contribution >= 0.6 is 35.5 Å². The average molecular weight is 366 g/mol. The molecule has 0 aromatic heterocycles. The highest BCUT2D eigenvalue weighted by molar-refractivity contribution is 8.15. The quantitative estimate of drug-likeness (QED) is 0.107. The van der Waals surface area contributed by atoms with Crippen LogP contribution in [0.3, 0.4) is 0 Å². The van der Waals surface area contributed by atoms with Crippen LogP contribution in [0.5, 0.6) is 0 Å². The second-order valence-electron chi connectivity index (χ2n) is 4.39. The molecule has 0 aliphatic rings. The number of amides is 1. The first-order chi connectivity index (χ1) is 10.2. The second kappa shape index (κ2) is 8.35. The van der Waals surface area contributed by atoms with E-state index in [4.69, 9.17) is 11.6 Å². The van der Waals surface area contributed by atoms with E-state index in [9.17, 15) is 19.3 Å². The first-order valence-corrected chi connectivity index (χ1v) is 7.94. The van der Waals surface area contributed by atoms with Crippen LogP contribution in [0.2, 0.25) is 5.02 Å². The Morgan fingerprint density at radius 2 is 2.14 bits per heavy atom. The highest BCUT2D eigenvalue weighted by atomic mass is 35.5. The van der Waals surface area contributed by atoms with Crippen molar-refractivity contribution in [3.63, 3.8) is 0 Å². The Balaban J connectivity index is 2.94. The number of hydrogen-bond acceptors (Lipinski definition) is 6. The predicted octanol–water partition coefficient (Wildman–Crippen LogP) is 4.98. The number of thioether (sulfide) groups is 1. The highest BCUT2D eigenvalue weighted by Crippen LogP contribution is 2.34. The van der Waals surface area contributed by atoms with Gasteiger partial charge in [0.05, 0.1) is 27.1 Å². The molecule has 0 aliphatic carbocycles. The van der Waals surface area contributed by atoms with E-state index in [2.05, 4.69) is 4.40 Å². The Morgan fingerprint density at radius 3 is 2.59 bits per heavy atom. The molecule has 0 N–H and O–H groups in total. The zero-order valence-electron chi connectivity index (χ0n) is 11.9. The minimum atomic E-state index is -1.60. The first kappa shape index (κ1) is 18.7. The lowest BCUT2D eigenvalue weighted by Gasteiger charge is -2.12. The molecule has 0 fully saturated rings. The Labute approximate surface area is 140 Å². The van der Waals surface area contributed by atoms with Crippen molar-refractivity contribution in [2.45, 2.75) is 18.7 Å². The zero-order chi connectivity index (χ0) is 16.9. The molecule has 6 nitrogen and oxygen atoms in total. The lowest BCUT2D eigenvalue weighted by Crippen LogP contribution is -2.12. The van der Waals surface area contributed by atoms with Crippen molar-refractivity contribution >= 4 is 52.4 Å². The van der Waals surface area contributed by atoms with Gasteiger partial charge < -0.3 is 0 Å². The number of rotatable bonds is 5. The molecule has 1 aromatic carbocycles. The van der Waals surface area contributed by atoms with Gasteiger partial charge in [-0.15, -0.1) is 4.39 Å². The largest absolute Gasteiger partial charge is 0.411 e. The van der Waals surface area contributed by atoms with Crippen molar-refractivity contribution in [1.29, 1.82) is 0 Å².